The van der Waals surface area contributed by atoms with E-state index in [0.717, 1.165) is 5.36 Å². The molecule has 0 bridgehead atoms. The molecule has 88 valence electrons. The van der Waals surface area contributed by atoms with Crippen LogP contribution in [0.5, 0.6) is 0 Å². The lowest BCUT2D eigenvalue weighted by molar-refractivity contribution is 0.886. The maximum Gasteiger partial charge on any atom is 0.149 e. The molecule has 1 aromatic rings. The van der Waals surface area contributed by atoms with Crippen molar-refractivity contribution < 1.29 is 0 Å². The Morgan fingerprint density at radius 1 is 1.18 bits per heavy atom. The molecule has 1 atom stereocenters. The lowest BCUT2D eigenvalue weighted by Crippen LogP contribution is -2.33. The van der Waals surface area contributed by atoms with E-state index in [-0.39, 0.29) is 5.50 Å². The van der Waals surface area contributed by atoms with Crippen LogP contribution in [0.25, 0.3) is 5.57 Å². The summed E-state index contributed by atoms with van der Waals surface area (Å²) in [6, 6.07) is 8.28. The molecule has 1 aromatic carbocycles. The van der Waals surface area contributed by atoms with Crippen LogP contribution in [0.3, 0.4) is 0 Å². The fourth-order valence-electron chi connectivity index (χ4n) is 2.92. The van der Waals surface area contributed by atoms with E-state index >= 15 is 0 Å². The van der Waals surface area contributed by atoms with Gasteiger partial charge in [0.15, 0.2) is 0 Å². The third-order valence-electron chi connectivity index (χ3n) is 3.79. The van der Waals surface area contributed by atoms with Crippen LogP contribution in [-0.2, 0) is 0 Å². The predicted molar refractivity (Wildman–Crippen MR) is 71.4 cm³/mol. The second kappa shape index (κ2) is 4.30. The lowest BCUT2D eigenvalue weighted by atomic mass is 9.95. The second-order valence-corrected chi connectivity index (χ2v) is 5.24. The third kappa shape index (κ3) is 1.83. The first-order valence-corrected chi connectivity index (χ1v) is 6.71. The molecule has 1 heterocycles. The monoisotopic (exact) mass is 245 g/mol. The van der Waals surface area contributed by atoms with Gasteiger partial charge in [0.1, 0.15) is 5.50 Å². The summed E-state index contributed by atoms with van der Waals surface area (Å²) in [5, 5.41) is 2.28. The van der Waals surface area contributed by atoms with Crippen LogP contribution < -0.4 is 10.6 Å². The van der Waals surface area contributed by atoms with Crippen LogP contribution in [-0.4, -0.2) is 5.50 Å². The number of rotatable bonds is 0. The average Bonchev–Trinajstić information content (AvgIpc) is 2.83. The molecule has 0 amide bonds. The van der Waals surface area contributed by atoms with Crippen molar-refractivity contribution in [2.75, 3.05) is 0 Å². The summed E-state index contributed by atoms with van der Waals surface area (Å²) < 4.78 is 0. The molecule has 3 rings (SSSR count). The van der Waals surface area contributed by atoms with Gasteiger partial charge >= 0.3 is 0 Å². The number of hydrogen-bond acceptors (Lipinski definition) is 1. The largest absolute Gasteiger partial charge is 0.260 e. The Kier molecular flexibility index (Phi) is 2.79. The Morgan fingerprint density at radius 2 is 1.88 bits per heavy atom. The third-order valence-corrected chi connectivity index (χ3v) is 4.11. The predicted octanol–water partition coefficient (Wildman–Crippen LogP) is 2.93. The van der Waals surface area contributed by atoms with Gasteiger partial charge in [-0.15, -0.1) is 0 Å². The lowest BCUT2D eigenvalue weighted by Gasteiger charge is -2.19. The molecule has 1 fully saturated rings. The molecule has 1 nitrogen and oxygen atoms in total. The number of nitrogens with zero attached hydrogens (tertiary/aromatic N) is 1. The van der Waals surface area contributed by atoms with Crippen LogP contribution in [0.2, 0.25) is 0 Å². The fourth-order valence-corrected chi connectivity index (χ4v) is 3.34. The Labute approximate surface area is 107 Å². The molecule has 0 saturated heterocycles. The summed E-state index contributed by atoms with van der Waals surface area (Å²) >= 11 is 6.44. The molecule has 0 spiro atoms. The molecule has 1 aliphatic carbocycles. The molecular formula is C15H16ClN. The van der Waals surface area contributed by atoms with E-state index in [2.05, 4.69) is 24.0 Å². The average molecular weight is 246 g/mol. The van der Waals surface area contributed by atoms with Crippen molar-refractivity contribution in [3.05, 3.63) is 46.0 Å². The Bertz CT molecular complexity index is 590. The molecule has 0 radical (unpaired) electrons. The van der Waals surface area contributed by atoms with Crippen LogP contribution >= 0.6 is 11.6 Å². The van der Waals surface area contributed by atoms with Crippen molar-refractivity contribution in [1.82, 2.24) is 0 Å². The molecule has 1 saturated carbocycles. The maximum atomic E-state index is 6.44. The summed E-state index contributed by atoms with van der Waals surface area (Å²) in [6.07, 6.45) is 5.01. The van der Waals surface area contributed by atoms with E-state index in [1.165, 1.54) is 47.6 Å². The summed E-state index contributed by atoms with van der Waals surface area (Å²) in [6.45, 7) is 2.18. The molecule has 2 heteroatoms. The van der Waals surface area contributed by atoms with Gasteiger partial charge in [0.25, 0.3) is 0 Å². The molecule has 0 N–H and O–H groups in total. The number of allylic oxidation sites excluding steroid dienone is 1. The summed E-state index contributed by atoms with van der Waals surface area (Å²) in [7, 11) is 0. The van der Waals surface area contributed by atoms with Gasteiger partial charge in [-0.2, -0.15) is 0 Å². The summed E-state index contributed by atoms with van der Waals surface area (Å²) in [5.74, 6) is 0. The van der Waals surface area contributed by atoms with Crippen molar-refractivity contribution in [2.45, 2.75) is 38.1 Å². The number of halogens is 1. The first-order valence-electron chi connectivity index (χ1n) is 6.27. The summed E-state index contributed by atoms with van der Waals surface area (Å²) in [5.41, 5.74) is 3.97. The molecule has 1 aliphatic heterocycles. The van der Waals surface area contributed by atoms with E-state index < -0.39 is 0 Å². The fraction of sp³-hybridized carbons (Fsp3) is 0.400. The highest BCUT2D eigenvalue weighted by Gasteiger charge is 2.22. The minimum Gasteiger partial charge on any atom is -0.260 e. The SMILES string of the molecule is CC1=c2ccccc2=NC(Cl)C1=C1CCCC1. The van der Waals surface area contributed by atoms with E-state index in [4.69, 9.17) is 11.6 Å². The normalized spacial score (nSPS) is 23.6. The van der Waals surface area contributed by atoms with E-state index in [1.54, 1.807) is 0 Å². The molecule has 0 aromatic heterocycles. The van der Waals surface area contributed by atoms with Crippen molar-refractivity contribution in [2.24, 2.45) is 4.99 Å². The topological polar surface area (TPSA) is 12.4 Å². The first-order chi connectivity index (χ1) is 8.27. The summed E-state index contributed by atoms with van der Waals surface area (Å²) in [4.78, 5) is 4.61. The van der Waals surface area contributed by atoms with E-state index in [1.807, 2.05) is 12.1 Å². The highest BCUT2D eigenvalue weighted by atomic mass is 35.5. The van der Waals surface area contributed by atoms with Crippen LogP contribution in [0.15, 0.2) is 40.4 Å². The zero-order valence-electron chi connectivity index (χ0n) is 10.0. The van der Waals surface area contributed by atoms with Gasteiger partial charge in [-0.3, -0.25) is 4.99 Å². The Balaban J connectivity index is 2.29. The molecular weight excluding hydrogens is 230 g/mol. The van der Waals surface area contributed by atoms with Gasteiger partial charge in [0.2, 0.25) is 0 Å². The zero-order chi connectivity index (χ0) is 11.8. The van der Waals surface area contributed by atoms with E-state index in [0.29, 0.717) is 0 Å². The number of benzene rings is 1. The standard InChI is InChI=1S/C15H16ClN/c1-10-12-8-4-5-9-13(12)17-15(16)14(10)11-6-2-3-7-11/h4-5,8-9,15H,2-3,6-7H2,1H3. The minimum absolute atomic E-state index is 0.182. The highest BCUT2D eigenvalue weighted by Crippen LogP contribution is 2.34. The van der Waals surface area contributed by atoms with Crippen molar-refractivity contribution in [1.29, 1.82) is 0 Å². The van der Waals surface area contributed by atoms with E-state index in [9.17, 15) is 0 Å². The van der Waals surface area contributed by atoms with Gasteiger partial charge in [0, 0.05) is 5.22 Å². The Hall–Kier alpha value is -1.08. The minimum atomic E-state index is -0.182. The molecule has 1 unspecified atom stereocenters. The van der Waals surface area contributed by atoms with Crippen molar-refractivity contribution >= 4 is 17.2 Å². The first kappa shape index (κ1) is 11.0. The Morgan fingerprint density at radius 3 is 2.65 bits per heavy atom. The smallest absolute Gasteiger partial charge is 0.149 e. The quantitative estimate of drug-likeness (QED) is 0.492. The van der Waals surface area contributed by atoms with Crippen molar-refractivity contribution in [3.8, 4) is 0 Å². The van der Waals surface area contributed by atoms with Gasteiger partial charge in [-0.25, -0.2) is 0 Å². The second-order valence-electron chi connectivity index (χ2n) is 4.83. The zero-order valence-corrected chi connectivity index (χ0v) is 10.8. The molecule has 17 heavy (non-hydrogen) atoms. The van der Waals surface area contributed by atoms with Crippen molar-refractivity contribution in [3.63, 3.8) is 0 Å². The molecule has 2 aliphatic rings. The van der Waals surface area contributed by atoms with Crippen LogP contribution in [0, 0.1) is 0 Å². The van der Waals surface area contributed by atoms with Gasteiger partial charge in [-0.05, 0) is 49.8 Å². The maximum absolute atomic E-state index is 6.44. The van der Waals surface area contributed by atoms with Crippen LogP contribution in [0.1, 0.15) is 32.6 Å². The number of alkyl halides is 1. The number of para-hydroxylation sites is 1. The van der Waals surface area contributed by atoms with Gasteiger partial charge < -0.3 is 0 Å². The van der Waals surface area contributed by atoms with Crippen LogP contribution in [0.4, 0.5) is 0 Å². The number of fused-ring (bicyclic) bond motifs is 1. The highest BCUT2D eigenvalue weighted by molar-refractivity contribution is 6.23. The van der Waals surface area contributed by atoms with Gasteiger partial charge in [0.05, 0.1) is 5.36 Å². The number of hydrogen-bond donors (Lipinski definition) is 0. The van der Waals surface area contributed by atoms with Gasteiger partial charge in [-0.1, -0.05) is 35.4 Å².